The van der Waals surface area contributed by atoms with E-state index in [4.69, 9.17) is 8.85 Å². The van der Waals surface area contributed by atoms with Gasteiger partial charge in [-0.15, -0.1) is 26.3 Å². The lowest BCUT2D eigenvalue weighted by Crippen LogP contribution is -2.50. The van der Waals surface area contributed by atoms with Crippen LogP contribution in [0.25, 0.3) is 6.08 Å². The van der Waals surface area contributed by atoms with Crippen LogP contribution in [0, 0.1) is 13.8 Å². The summed E-state index contributed by atoms with van der Waals surface area (Å²) in [4.78, 5) is 34.3. The average molecular weight is 1570 g/mol. The van der Waals surface area contributed by atoms with Gasteiger partial charge < -0.3 is 29.0 Å². The summed E-state index contributed by atoms with van der Waals surface area (Å²) in [5, 5.41) is 7.19. The maximum Gasteiger partial charge on any atom is 0.573 e. The van der Waals surface area contributed by atoms with E-state index in [1.807, 2.05) is 25.1 Å². The van der Waals surface area contributed by atoms with E-state index in [9.17, 15) is 69.6 Å². The van der Waals surface area contributed by atoms with Gasteiger partial charge in [0.1, 0.15) is 34.2 Å². The Balaban J connectivity index is 0.000000259. The van der Waals surface area contributed by atoms with Gasteiger partial charge in [-0.05, 0) is 153 Å². The lowest BCUT2D eigenvalue weighted by Gasteiger charge is -2.36. The van der Waals surface area contributed by atoms with Crippen molar-refractivity contribution in [2.75, 3.05) is 73.6 Å². The second-order valence-corrected chi connectivity index (χ2v) is 45.2. The number of halogens is 7. The van der Waals surface area contributed by atoms with Crippen molar-refractivity contribution in [3.05, 3.63) is 135 Å². The van der Waals surface area contributed by atoms with Gasteiger partial charge in [-0.2, -0.15) is 8.61 Å². The number of nitrogens with one attached hydrogen (secondary N) is 2. The molecule has 4 heterocycles. The van der Waals surface area contributed by atoms with E-state index in [0.29, 0.717) is 35.7 Å². The van der Waals surface area contributed by atoms with E-state index in [0.717, 1.165) is 51.4 Å². The van der Waals surface area contributed by atoms with E-state index in [2.05, 4.69) is 120 Å². The number of amidine groups is 2. The fourth-order valence-electron chi connectivity index (χ4n) is 10.2. The molecule has 0 unspecified atom stereocenters. The molecule has 4 aromatic carbocycles. The van der Waals surface area contributed by atoms with Gasteiger partial charge in [-0.1, -0.05) is 94.4 Å². The van der Waals surface area contributed by atoms with E-state index < -0.39 is 104 Å². The van der Waals surface area contributed by atoms with Crippen molar-refractivity contribution in [2.24, 2.45) is 9.98 Å². The van der Waals surface area contributed by atoms with E-state index >= 15 is 0 Å². The van der Waals surface area contributed by atoms with Gasteiger partial charge in [0.2, 0.25) is 40.1 Å². The normalized spacial score (nSPS) is 17.4. The van der Waals surface area contributed by atoms with Crippen LogP contribution in [-0.4, -0.2) is 171 Å². The number of piperidine rings is 2. The SMILES string of the molecule is C=CS(=O)(=O)N1CCC2(CC1)N=C(c1cccc(OC(F)(F)F)c1)NC2=O.Cc1cc(N(CCO[Si](C)(C)C(C)(C)C)S(C)(=O)=O)ccc1/C=C/S(=O)(=O)N1CCC2(CC1)N=C(c1cccc(OC(F)(F)F)c1)NC2=O.Cc1cc(N(CCO[Si](C)(C)C(C)(C)C)S(C)(=O)=O)ccc1Br. The monoisotopic (exact) mass is 1570 g/mol. The molecule has 2 fully saturated rings. The quantitative estimate of drug-likeness (QED) is 0.0580. The smallest absolute Gasteiger partial charge is 0.415 e. The van der Waals surface area contributed by atoms with Crippen LogP contribution in [0.1, 0.15) is 95.0 Å². The third-order valence-electron chi connectivity index (χ3n) is 18.0. The summed E-state index contributed by atoms with van der Waals surface area (Å²) in [5.41, 5.74) is 1.46. The zero-order valence-corrected chi connectivity index (χ0v) is 64.5. The van der Waals surface area contributed by atoms with Crippen LogP contribution in [0.4, 0.5) is 37.7 Å². The fraction of sp³-hybridized carbons (Fsp3) is 0.500. The number of ether oxygens (including phenoxy) is 2. The minimum absolute atomic E-state index is 0.00765. The lowest BCUT2D eigenvalue weighted by molar-refractivity contribution is -0.275. The highest BCUT2D eigenvalue weighted by Crippen LogP contribution is 2.40. The molecule has 4 aliphatic heterocycles. The molecule has 0 aliphatic carbocycles. The molecular weight excluding hydrogens is 1480 g/mol. The third kappa shape index (κ3) is 21.8. The molecule has 2 N–H and O–H groups in total. The van der Waals surface area contributed by atoms with Crippen LogP contribution in [0.5, 0.6) is 11.5 Å². The summed E-state index contributed by atoms with van der Waals surface area (Å²) < 4.78 is 201. The Morgan fingerprint density at radius 1 is 0.586 bits per heavy atom. The van der Waals surface area contributed by atoms with Crippen LogP contribution in [-0.2, 0) is 58.5 Å². The maximum atomic E-state index is 13.3. The summed E-state index contributed by atoms with van der Waals surface area (Å²) >= 11 is 3.44. The van der Waals surface area contributed by atoms with E-state index in [1.165, 1.54) is 53.8 Å². The highest BCUT2D eigenvalue weighted by molar-refractivity contribution is 9.10. The molecule has 0 saturated carbocycles. The number of nitrogens with zero attached hydrogens (tertiary/aromatic N) is 6. The number of anilines is 2. The first-order valence-corrected chi connectivity index (χ1v) is 44.5. The van der Waals surface area contributed by atoms with Gasteiger partial charge in [0.25, 0.3) is 11.8 Å². The number of amides is 2. The predicted molar refractivity (Wildman–Crippen MR) is 380 cm³/mol. The summed E-state index contributed by atoms with van der Waals surface area (Å²) in [6, 6.07) is 20.7. The lowest BCUT2D eigenvalue weighted by atomic mass is 9.89. The average Bonchev–Trinajstić information content (AvgIpc) is 1.64. The number of alkyl halides is 6. The second kappa shape index (κ2) is 30.9. The van der Waals surface area contributed by atoms with Crippen molar-refractivity contribution in [3.8, 4) is 11.5 Å². The van der Waals surface area contributed by atoms with Gasteiger partial charge in [-0.3, -0.25) is 28.2 Å². The summed E-state index contributed by atoms with van der Waals surface area (Å²) in [5.74, 6) is -1.53. The molecule has 22 nitrogen and oxygen atoms in total. The number of aliphatic imine (C=N–C) groups is 2. The molecule has 4 aliphatic rings. The highest BCUT2D eigenvalue weighted by Gasteiger charge is 2.49. The van der Waals surface area contributed by atoms with Gasteiger partial charge in [0, 0.05) is 52.6 Å². The Labute approximate surface area is 587 Å². The Hall–Kier alpha value is -6.03. The maximum absolute atomic E-state index is 13.3. The molecule has 2 amide bonds. The van der Waals surface area contributed by atoms with Crippen molar-refractivity contribution >= 4 is 114 Å². The van der Waals surface area contributed by atoms with Crippen LogP contribution in [0.3, 0.4) is 0 Å². The first kappa shape index (κ1) is 81.9. The molecular formula is C64H87BrF6N8O14S4Si2. The molecule has 4 aromatic rings. The molecule has 2 spiro atoms. The molecule has 548 valence electrons. The van der Waals surface area contributed by atoms with Crippen LogP contribution in [0.15, 0.2) is 117 Å². The number of carbonyl (C=O) groups excluding carboxylic acids is 2. The van der Waals surface area contributed by atoms with Crippen molar-refractivity contribution in [1.82, 2.24) is 19.2 Å². The zero-order valence-electron chi connectivity index (χ0n) is 57.7. The molecule has 99 heavy (non-hydrogen) atoms. The van der Waals surface area contributed by atoms with Crippen LogP contribution >= 0.6 is 15.9 Å². The number of aryl methyl sites for hydroxylation is 2. The van der Waals surface area contributed by atoms with Gasteiger partial charge in [0.05, 0.1) is 50.2 Å². The number of benzene rings is 4. The van der Waals surface area contributed by atoms with Gasteiger partial charge in [-0.25, -0.2) is 33.7 Å². The number of carbonyl (C=O) groups is 2. The van der Waals surface area contributed by atoms with E-state index in [1.54, 1.807) is 25.1 Å². The molecule has 0 atom stereocenters. The summed E-state index contributed by atoms with van der Waals surface area (Å²) in [6.45, 7) is 29.6. The van der Waals surface area contributed by atoms with E-state index in [-0.39, 0.29) is 97.9 Å². The Morgan fingerprint density at radius 2 is 0.960 bits per heavy atom. The molecule has 8 rings (SSSR count). The minimum Gasteiger partial charge on any atom is -0.415 e. The number of hydrogen-bond donors (Lipinski definition) is 2. The number of hydrogen-bond acceptors (Lipinski definition) is 16. The molecule has 0 radical (unpaired) electrons. The summed E-state index contributed by atoms with van der Waals surface area (Å²) in [7, 11) is -18.4. The van der Waals surface area contributed by atoms with Crippen molar-refractivity contribution in [1.29, 1.82) is 0 Å². The molecule has 2 saturated heterocycles. The zero-order chi connectivity index (χ0) is 74.6. The number of sulfonamides is 4. The van der Waals surface area contributed by atoms with Crippen molar-refractivity contribution in [2.45, 2.75) is 141 Å². The topological polar surface area (TPSA) is 269 Å². The Bertz CT molecular complexity index is 4210. The van der Waals surface area contributed by atoms with Gasteiger partial charge in [0.15, 0.2) is 16.6 Å². The Kier molecular flexibility index (Phi) is 25.6. The van der Waals surface area contributed by atoms with Crippen molar-refractivity contribution in [3.63, 3.8) is 0 Å². The molecule has 0 aromatic heterocycles. The predicted octanol–water partition coefficient (Wildman–Crippen LogP) is 11.7. The molecule has 35 heteroatoms. The number of rotatable bonds is 21. The standard InChI is InChI=1S/C32H43F3N4O7S2Si.C16H28BrNO3SSi.C16H16F3N3O4S/c1-23-21-26(39(47(5,41)42)18-19-45-49(6,7)30(2,3)4)12-11-24(23)13-20-48(43,44)38-16-14-31(15-17-38)29(40)36-28(37-31)25-9-8-10-27(22-25)46-32(33,34)35;1-13-12-14(8-9-15(13)17)18(22(5,19)20)10-11-21-23(6,7)16(2,3)4;1-2-27(24,25)22-8-6-15(7-9-22)14(23)20-13(21-15)11-4-3-5-12(10-11)26-16(17,18)19/h8-13,20-22H,14-19H2,1-7H3,(H,36,37,40);8-9,12H,10-11H2,1-7H3;2-5,10H,1,6-9H2,(H,20,21,23)/b20-13+;;. The highest BCUT2D eigenvalue weighted by atomic mass is 79.9. The first-order valence-electron chi connectivity index (χ1n) is 31.2. The summed E-state index contributed by atoms with van der Waals surface area (Å²) in [6.07, 6.45) is -5.44. The second-order valence-electron chi connectivity index (χ2n) is 27.3. The largest absolute Gasteiger partial charge is 0.573 e. The minimum atomic E-state index is -4.88. The first-order chi connectivity index (χ1) is 45.2. The fourth-order valence-corrected chi connectivity index (χ4v) is 16.4. The van der Waals surface area contributed by atoms with Crippen molar-refractivity contribution < 1.29 is 87.9 Å². The molecule has 0 bridgehead atoms. The van der Waals surface area contributed by atoms with Gasteiger partial charge >= 0.3 is 12.7 Å². The van der Waals surface area contributed by atoms with Crippen LogP contribution < -0.4 is 28.7 Å². The Morgan fingerprint density at radius 3 is 1.30 bits per heavy atom. The van der Waals surface area contributed by atoms with Crippen LogP contribution in [0.2, 0.25) is 36.3 Å². The third-order valence-corrected chi connectivity index (χ3v) is 33.4.